The fraction of sp³-hybridized carbons (Fsp3) is 0.526. The Balaban J connectivity index is 2.21. The topological polar surface area (TPSA) is 105 Å². The first-order valence-corrected chi connectivity index (χ1v) is 9.97. The van der Waals surface area contributed by atoms with Gasteiger partial charge in [0.15, 0.2) is 0 Å². The number of benzene rings is 1. The number of alkyl halides is 1. The van der Waals surface area contributed by atoms with Gasteiger partial charge < -0.3 is 20.5 Å². The van der Waals surface area contributed by atoms with Crippen molar-refractivity contribution in [1.82, 2.24) is 10.6 Å². The molecular formula is C19H27BrN2O5. The van der Waals surface area contributed by atoms with Crippen molar-refractivity contribution in [1.29, 1.82) is 0 Å². The summed E-state index contributed by atoms with van der Waals surface area (Å²) in [5.41, 5.74) is 0.904. The quantitative estimate of drug-likeness (QED) is 0.340. The third-order valence-electron chi connectivity index (χ3n) is 3.84. The van der Waals surface area contributed by atoms with E-state index in [1.807, 2.05) is 37.3 Å². The summed E-state index contributed by atoms with van der Waals surface area (Å²) >= 11 is 3.26. The Morgan fingerprint density at radius 3 is 2.48 bits per heavy atom. The van der Waals surface area contributed by atoms with E-state index in [0.29, 0.717) is 32.2 Å². The molecule has 8 heteroatoms. The van der Waals surface area contributed by atoms with Crippen molar-refractivity contribution < 1.29 is 24.2 Å². The summed E-state index contributed by atoms with van der Waals surface area (Å²) in [4.78, 5) is 34.4. The van der Waals surface area contributed by atoms with Crippen molar-refractivity contribution in [2.45, 2.75) is 56.5 Å². The number of carbonyl (C=O) groups excluding carboxylic acids is 2. The first kappa shape index (κ1) is 23.0. The Bertz CT molecular complexity index is 597. The molecule has 150 valence electrons. The summed E-state index contributed by atoms with van der Waals surface area (Å²) in [7, 11) is 0. The molecule has 3 N–H and O–H groups in total. The maximum Gasteiger partial charge on any atom is 0.407 e. The average molecular weight is 443 g/mol. The number of amides is 2. The van der Waals surface area contributed by atoms with Crippen LogP contribution < -0.4 is 10.6 Å². The molecule has 0 heterocycles. The smallest absolute Gasteiger partial charge is 0.407 e. The van der Waals surface area contributed by atoms with E-state index in [2.05, 4.69) is 26.6 Å². The number of carboxylic acid groups (broad SMARTS) is 1. The molecule has 0 aliphatic rings. The molecule has 0 bridgehead atoms. The molecule has 0 aliphatic heterocycles. The Hall–Kier alpha value is -2.09. The highest BCUT2D eigenvalue weighted by Gasteiger charge is 2.22. The number of halogens is 1. The second kappa shape index (κ2) is 13.1. The molecule has 0 spiro atoms. The lowest BCUT2D eigenvalue weighted by atomic mass is 10.1. The van der Waals surface area contributed by atoms with Crippen molar-refractivity contribution in [2.24, 2.45) is 0 Å². The van der Waals surface area contributed by atoms with Crippen molar-refractivity contribution >= 4 is 33.9 Å². The summed E-state index contributed by atoms with van der Waals surface area (Å²) in [6.45, 7) is 2.53. The van der Waals surface area contributed by atoms with E-state index in [4.69, 9.17) is 4.74 Å². The fourth-order valence-corrected chi connectivity index (χ4v) is 2.93. The Morgan fingerprint density at radius 1 is 1.15 bits per heavy atom. The number of carboxylic acids is 1. The lowest BCUT2D eigenvalue weighted by molar-refractivity contribution is -0.142. The van der Waals surface area contributed by atoms with E-state index in [9.17, 15) is 19.5 Å². The minimum absolute atomic E-state index is 0.200. The van der Waals surface area contributed by atoms with Gasteiger partial charge in [-0.1, -0.05) is 59.6 Å². The van der Waals surface area contributed by atoms with Gasteiger partial charge >= 0.3 is 12.1 Å². The number of aliphatic carboxylic acids is 1. The van der Waals surface area contributed by atoms with Crippen molar-refractivity contribution in [3.63, 3.8) is 0 Å². The number of carbonyl (C=O) groups is 3. The highest BCUT2D eigenvalue weighted by molar-refractivity contribution is 9.10. The van der Waals surface area contributed by atoms with E-state index in [1.165, 1.54) is 0 Å². The molecule has 0 aromatic heterocycles. The first-order chi connectivity index (χ1) is 12.9. The van der Waals surface area contributed by atoms with Crippen LogP contribution >= 0.6 is 15.9 Å². The molecule has 1 aromatic rings. The van der Waals surface area contributed by atoms with Gasteiger partial charge in [0.25, 0.3) is 0 Å². The third kappa shape index (κ3) is 9.98. The summed E-state index contributed by atoms with van der Waals surface area (Å²) < 4.78 is 5.09. The van der Waals surface area contributed by atoms with Crippen molar-refractivity contribution in [2.75, 3.05) is 6.54 Å². The Kier molecular flexibility index (Phi) is 11.2. The van der Waals surface area contributed by atoms with Gasteiger partial charge in [-0.3, -0.25) is 4.79 Å². The van der Waals surface area contributed by atoms with Gasteiger partial charge in [0.2, 0.25) is 5.91 Å². The molecule has 1 aromatic carbocycles. The van der Waals surface area contributed by atoms with Crippen molar-refractivity contribution in [3.8, 4) is 0 Å². The minimum Gasteiger partial charge on any atom is -0.480 e. The maximum absolute atomic E-state index is 11.9. The molecule has 0 aliphatic carbocycles. The van der Waals surface area contributed by atoms with Gasteiger partial charge in [-0.2, -0.15) is 0 Å². The molecule has 1 rings (SSSR count). The van der Waals surface area contributed by atoms with Crippen LogP contribution in [0.1, 0.15) is 44.6 Å². The summed E-state index contributed by atoms with van der Waals surface area (Å²) in [5.74, 6) is -1.37. The fourth-order valence-electron chi connectivity index (χ4n) is 2.34. The largest absolute Gasteiger partial charge is 0.480 e. The van der Waals surface area contributed by atoms with Crippen LogP contribution in [-0.4, -0.2) is 40.5 Å². The minimum atomic E-state index is -1.06. The molecule has 7 nitrogen and oxygen atoms in total. The molecule has 0 unspecified atom stereocenters. The lowest BCUT2D eigenvalue weighted by Crippen LogP contribution is -2.44. The zero-order valence-electron chi connectivity index (χ0n) is 15.4. The lowest BCUT2D eigenvalue weighted by Gasteiger charge is -2.17. The van der Waals surface area contributed by atoms with Gasteiger partial charge in [-0.25, -0.2) is 9.59 Å². The van der Waals surface area contributed by atoms with Crippen molar-refractivity contribution in [3.05, 3.63) is 35.9 Å². The highest BCUT2D eigenvalue weighted by Crippen LogP contribution is 2.09. The molecule has 2 amide bonds. The van der Waals surface area contributed by atoms with E-state index in [1.54, 1.807) is 0 Å². The Morgan fingerprint density at radius 2 is 1.85 bits per heavy atom. The van der Waals surface area contributed by atoms with Crippen LogP contribution in [0, 0.1) is 0 Å². The summed E-state index contributed by atoms with van der Waals surface area (Å²) in [6, 6.07) is 8.43. The van der Waals surface area contributed by atoms with Gasteiger partial charge in [-0.05, 0) is 31.2 Å². The SMILES string of the molecule is CCC[C@@H](Br)C(=O)N[C@@H](CCCCNC(=O)OCc1ccccc1)C(=O)O. The molecule has 0 fully saturated rings. The number of hydrogen-bond donors (Lipinski definition) is 3. The molecule has 0 saturated heterocycles. The number of hydrogen-bond acceptors (Lipinski definition) is 4. The molecule has 27 heavy (non-hydrogen) atoms. The van der Waals surface area contributed by atoms with Gasteiger partial charge in [-0.15, -0.1) is 0 Å². The Labute approximate surface area is 168 Å². The second-order valence-electron chi connectivity index (χ2n) is 6.14. The predicted octanol–water partition coefficient (Wildman–Crippen LogP) is 3.22. The monoisotopic (exact) mass is 442 g/mol. The van der Waals surface area contributed by atoms with E-state index in [-0.39, 0.29) is 17.3 Å². The van der Waals surface area contributed by atoms with Gasteiger partial charge in [0.05, 0.1) is 4.83 Å². The second-order valence-corrected chi connectivity index (χ2v) is 7.25. The zero-order chi connectivity index (χ0) is 20.1. The zero-order valence-corrected chi connectivity index (χ0v) is 17.0. The normalized spacial score (nSPS) is 12.7. The van der Waals surface area contributed by atoms with Crippen LogP contribution in [0.4, 0.5) is 4.79 Å². The van der Waals surface area contributed by atoms with Gasteiger partial charge in [0, 0.05) is 6.54 Å². The van der Waals surface area contributed by atoms with E-state index in [0.717, 1.165) is 12.0 Å². The van der Waals surface area contributed by atoms with Crippen LogP contribution in [0.5, 0.6) is 0 Å². The van der Waals surface area contributed by atoms with E-state index < -0.39 is 18.1 Å². The predicted molar refractivity (Wildman–Crippen MR) is 106 cm³/mol. The number of alkyl carbamates (subject to hydrolysis) is 1. The first-order valence-electron chi connectivity index (χ1n) is 9.05. The standard InChI is InChI=1S/C19H27BrN2O5/c1-2-8-15(20)17(23)22-16(18(24)25)11-6-7-12-21-19(26)27-13-14-9-4-3-5-10-14/h3-5,9-10,15-16H,2,6-8,11-13H2,1H3,(H,21,26)(H,22,23)(H,24,25)/t15-,16+/m1/s1. The number of ether oxygens (including phenoxy) is 1. The average Bonchev–Trinajstić information content (AvgIpc) is 2.65. The van der Waals surface area contributed by atoms with Crippen LogP contribution in [0.2, 0.25) is 0 Å². The van der Waals surface area contributed by atoms with Crippen LogP contribution in [0.15, 0.2) is 30.3 Å². The highest BCUT2D eigenvalue weighted by atomic mass is 79.9. The molecule has 0 saturated carbocycles. The number of nitrogens with one attached hydrogen (secondary N) is 2. The molecule has 0 radical (unpaired) electrons. The van der Waals surface area contributed by atoms with Crippen LogP contribution in [-0.2, 0) is 20.9 Å². The van der Waals surface area contributed by atoms with E-state index >= 15 is 0 Å². The molecule has 2 atom stereocenters. The number of rotatable bonds is 12. The third-order valence-corrected chi connectivity index (χ3v) is 4.72. The maximum atomic E-state index is 11.9. The van der Waals surface area contributed by atoms with Gasteiger partial charge in [0.1, 0.15) is 12.6 Å². The number of unbranched alkanes of at least 4 members (excludes halogenated alkanes) is 1. The van der Waals surface area contributed by atoms with Crippen LogP contribution in [0.3, 0.4) is 0 Å². The molecular weight excluding hydrogens is 416 g/mol. The summed E-state index contributed by atoms with van der Waals surface area (Å²) in [6.07, 6.45) is 2.40. The summed E-state index contributed by atoms with van der Waals surface area (Å²) in [5, 5.41) is 14.4. The van der Waals surface area contributed by atoms with Crippen LogP contribution in [0.25, 0.3) is 0 Å².